The number of rotatable bonds is 8. The van der Waals surface area contributed by atoms with Crippen LogP contribution in [0.15, 0.2) is 29.4 Å². The first kappa shape index (κ1) is 18.8. The molecule has 0 bridgehead atoms. The Kier molecular flexibility index (Phi) is 7.12. The largest absolute Gasteiger partial charge is 0.353 e. The van der Waals surface area contributed by atoms with Crippen LogP contribution in [0.2, 0.25) is 5.02 Å². The summed E-state index contributed by atoms with van der Waals surface area (Å²) in [4.78, 5) is 12.0. The molecule has 1 atom stereocenters. The zero-order valence-corrected chi connectivity index (χ0v) is 15.8. The number of halogens is 1. The summed E-state index contributed by atoms with van der Waals surface area (Å²) in [6.07, 6.45) is 2.05. The Morgan fingerprint density at radius 2 is 2.00 bits per heavy atom. The first-order valence-corrected chi connectivity index (χ1v) is 9.52. The molecule has 0 fully saturated rings. The molecule has 0 saturated heterocycles. The highest BCUT2D eigenvalue weighted by Gasteiger charge is 2.15. The molecule has 2 rings (SSSR count). The van der Waals surface area contributed by atoms with Gasteiger partial charge in [0.2, 0.25) is 5.91 Å². The van der Waals surface area contributed by atoms with Crippen molar-refractivity contribution in [3.63, 3.8) is 0 Å². The standard InChI is InChI=1S/C17H23ClN4OS/c1-4-6-12(3)19-15(23)11-24-17-21-20-16(22(17)5-2)13-7-9-14(18)10-8-13/h7-10,12H,4-6,11H2,1-3H3,(H,19,23). The monoisotopic (exact) mass is 366 g/mol. The van der Waals surface area contributed by atoms with Gasteiger partial charge in [0, 0.05) is 23.2 Å². The van der Waals surface area contributed by atoms with Gasteiger partial charge in [-0.3, -0.25) is 4.79 Å². The van der Waals surface area contributed by atoms with Gasteiger partial charge in [0.1, 0.15) is 0 Å². The van der Waals surface area contributed by atoms with Crippen LogP contribution in [0.1, 0.15) is 33.6 Å². The summed E-state index contributed by atoms with van der Waals surface area (Å²) >= 11 is 7.34. The number of amides is 1. The van der Waals surface area contributed by atoms with Gasteiger partial charge in [-0.1, -0.05) is 36.7 Å². The van der Waals surface area contributed by atoms with Crippen LogP contribution >= 0.6 is 23.4 Å². The predicted octanol–water partition coefficient (Wildman–Crippen LogP) is 4.02. The molecule has 5 nitrogen and oxygen atoms in total. The summed E-state index contributed by atoms with van der Waals surface area (Å²) < 4.78 is 2.01. The molecule has 24 heavy (non-hydrogen) atoms. The zero-order valence-electron chi connectivity index (χ0n) is 14.3. The first-order chi connectivity index (χ1) is 11.5. The second kappa shape index (κ2) is 9.08. The minimum atomic E-state index is 0.0274. The lowest BCUT2D eigenvalue weighted by Gasteiger charge is -2.12. The number of thioether (sulfide) groups is 1. The molecule has 1 aromatic heterocycles. The number of nitrogens with one attached hydrogen (secondary N) is 1. The van der Waals surface area contributed by atoms with Crippen molar-refractivity contribution in [1.29, 1.82) is 0 Å². The summed E-state index contributed by atoms with van der Waals surface area (Å²) in [7, 11) is 0. The summed E-state index contributed by atoms with van der Waals surface area (Å²) in [5, 5.41) is 12.9. The molecule has 130 valence electrons. The van der Waals surface area contributed by atoms with E-state index in [2.05, 4.69) is 22.4 Å². The number of benzene rings is 1. The number of carbonyl (C=O) groups is 1. The molecule has 1 amide bonds. The molecule has 0 aliphatic heterocycles. The maximum atomic E-state index is 12.0. The van der Waals surface area contributed by atoms with E-state index in [1.165, 1.54) is 11.8 Å². The van der Waals surface area contributed by atoms with Crippen molar-refractivity contribution < 1.29 is 4.79 Å². The van der Waals surface area contributed by atoms with E-state index in [0.717, 1.165) is 35.9 Å². The van der Waals surface area contributed by atoms with E-state index in [1.807, 2.05) is 42.7 Å². The van der Waals surface area contributed by atoms with E-state index < -0.39 is 0 Å². The van der Waals surface area contributed by atoms with Gasteiger partial charge < -0.3 is 9.88 Å². The van der Waals surface area contributed by atoms with Crippen molar-refractivity contribution in [2.24, 2.45) is 0 Å². The van der Waals surface area contributed by atoms with Crippen LogP contribution < -0.4 is 5.32 Å². The van der Waals surface area contributed by atoms with E-state index in [1.54, 1.807) is 0 Å². The van der Waals surface area contributed by atoms with Gasteiger partial charge in [0.05, 0.1) is 5.75 Å². The molecule has 0 radical (unpaired) electrons. The number of hydrogen-bond acceptors (Lipinski definition) is 4. The number of hydrogen-bond donors (Lipinski definition) is 1. The second-order valence-electron chi connectivity index (χ2n) is 5.60. The van der Waals surface area contributed by atoms with Crippen molar-refractivity contribution in [3.05, 3.63) is 29.3 Å². The van der Waals surface area contributed by atoms with Crippen LogP contribution in [0.25, 0.3) is 11.4 Å². The molecule has 0 aliphatic carbocycles. The van der Waals surface area contributed by atoms with Gasteiger partial charge in [0.25, 0.3) is 0 Å². The highest BCUT2D eigenvalue weighted by Crippen LogP contribution is 2.25. The SMILES string of the molecule is CCCC(C)NC(=O)CSc1nnc(-c2ccc(Cl)cc2)n1CC. The van der Waals surface area contributed by atoms with E-state index in [-0.39, 0.29) is 11.9 Å². The van der Waals surface area contributed by atoms with Crippen molar-refractivity contribution in [1.82, 2.24) is 20.1 Å². The third kappa shape index (κ3) is 4.98. The Bertz CT molecular complexity index is 672. The van der Waals surface area contributed by atoms with Crippen LogP contribution in [-0.4, -0.2) is 32.5 Å². The Balaban J connectivity index is 2.04. The Morgan fingerprint density at radius 3 is 2.62 bits per heavy atom. The van der Waals surface area contributed by atoms with Gasteiger partial charge in [-0.25, -0.2) is 0 Å². The molecule has 1 N–H and O–H groups in total. The average Bonchev–Trinajstić information content (AvgIpc) is 2.96. The van der Waals surface area contributed by atoms with E-state index in [9.17, 15) is 4.79 Å². The van der Waals surface area contributed by atoms with Crippen molar-refractivity contribution >= 4 is 29.3 Å². The molecular weight excluding hydrogens is 344 g/mol. The minimum absolute atomic E-state index is 0.0274. The van der Waals surface area contributed by atoms with Gasteiger partial charge in [-0.15, -0.1) is 10.2 Å². The predicted molar refractivity (Wildman–Crippen MR) is 99.4 cm³/mol. The normalized spacial score (nSPS) is 12.2. The van der Waals surface area contributed by atoms with Gasteiger partial charge in [-0.2, -0.15) is 0 Å². The smallest absolute Gasteiger partial charge is 0.230 e. The number of aromatic nitrogens is 3. The zero-order chi connectivity index (χ0) is 17.5. The fourth-order valence-electron chi connectivity index (χ4n) is 2.44. The quantitative estimate of drug-likeness (QED) is 0.717. The van der Waals surface area contributed by atoms with E-state index in [0.29, 0.717) is 10.8 Å². The minimum Gasteiger partial charge on any atom is -0.353 e. The third-order valence-electron chi connectivity index (χ3n) is 3.60. The van der Waals surface area contributed by atoms with E-state index >= 15 is 0 Å². The topological polar surface area (TPSA) is 59.8 Å². The maximum absolute atomic E-state index is 12.0. The van der Waals surface area contributed by atoms with Crippen molar-refractivity contribution in [2.75, 3.05) is 5.75 Å². The lowest BCUT2D eigenvalue weighted by atomic mass is 10.2. The van der Waals surface area contributed by atoms with Crippen LogP contribution in [-0.2, 0) is 11.3 Å². The highest BCUT2D eigenvalue weighted by atomic mass is 35.5. The van der Waals surface area contributed by atoms with Crippen LogP contribution in [0.3, 0.4) is 0 Å². The highest BCUT2D eigenvalue weighted by molar-refractivity contribution is 7.99. The number of carbonyl (C=O) groups excluding carboxylic acids is 1. The van der Waals surface area contributed by atoms with Crippen LogP contribution in [0, 0.1) is 0 Å². The third-order valence-corrected chi connectivity index (χ3v) is 4.82. The van der Waals surface area contributed by atoms with E-state index in [4.69, 9.17) is 11.6 Å². The first-order valence-electron chi connectivity index (χ1n) is 8.16. The summed E-state index contributed by atoms with van der Waals surface area (Å²) in [6, 6.07) is 7.72. The van der Waals surface area contributed by atoms with Gasteiger partial charge in [-0.05, 0) is 44.5 Å². The Hall–Kier alpha value is -1.53. The molecule has 7 heteroatoms. The Labute approximate surface area is 152 Å². The molecule has 0 aliphatic rings. The molecule has 0 spiro atoms. The summed E-state index contributed by atoms with van der Waals surface area (Å²) in [6.45, 7) is 6.91. The van der Waals surface area contributed by atoms with Gasteiger partial charge >= 0.3 is 0 Å². The van der Waals surface area contributed by atoms with Crippen molar-refractivity contribution in [2.45, 2.75) is 51.4 Å². The lowest BCUT2D eigenvalue weighted by molar-refractivity contribution is -0.119. The Morgan fingerprint density at radius 1 is 1.29 bits per heavy atom. The van der Waals surface area contributed by atoms with Crippen LogP contribution in [0.5, 0.6) is 0 Å². The van der Waals surface area contributed by atoms with Gasteiger partial charge in [0.15, 0.2) is 11.0 Å². The molecular formula is C17H23ClN4OS. The molecule has 2 aromatic rings. The molecule has 0 saturated carbocycles. The van der Waals surface area contributed by atoms with Crippen molar-refractivity contribution in [3.8, 4) is 11.4 Å². The molecule has 1 unspecified atom stereocenters. The maximum Gasteiger partial charge on any atom is 0.230 e. The summed E-state index contributed by atoms with van der Waals surface area (Å²) in [5.41, 5.74) is 0.960. The second-order valence-corrected chi connectivity index (χ2v) is 6.98. The fourth-order valence-corrected chi connectivity index (χ4v) is 3.38. The van der Waals surface area contributed by atoms with Crippen LogP contribution in [0.4, 0.5) is 0 Å². The fraction of sp³-hybridized carbons (Fsp3) is 0.471. The average molecular weight is 367 g/mol. The molecule has 1 aromatic carbocycles. The number of nitrogens with zero attached hydrogens (tertiary/aromatic N) is 3. The molecule has 1 heterocycles. The lowest BCUT2D eigenvalue weighted by Crippen LogP contribution is -2.33. The summed E-state index contributed by atoms with van der Waals surface area (Å²) in [5.74, 6) is 1.16.